The van der Waals surface area contributed by atoms with Gasteiger partial charge in [-0.1, -0.05) is 58.6 Å². The first-order chi connectivity index (χ1) is 9.48. The van der Waals surface area contributed by atoms with Gasteiger partial charge in [-0.05, 0) is 47.8 Å². The SMILES string of the molecule is COc1ccc([C@@H](CC2CCCC2)CC(C)(C)C)cc1. The smallest absolute Gasteiger partial charge is 0.118 e. The highest BCUT2D eigenvalue weighted by Crippen LogP contribution is 2.40. The highest BCUT2D eigenvalue weighted by atomic mass is 16.5. The molecule has 1 saturated carbocycles. The highest BCUT2D eigenvalue weighted by molar-refractivity contribution is 5.29. The Hall–Kier alpha value is -0.980. The second kappa shape index (κ2) is 6.65. The van der Waals surface area contributed by atoms with Crippen molar-refractivity contribution in [2.45, 2.75) is 65.2 Å². The van der Waals surface area contributed by atoms with Gasteiger partial charge in [-0.15, -0.1) is 0 Å². The molecule has 112 valence electrons. The van der Waals surface area contributed by atoms with Crippen LogP contribution in [-0.4, -0.2) is 7.11 Å². The largest absolute Gasteiger partial charge is 0.497 e. The summed E-state index contributed by atoms with van der Waals surface area (Å²) in [5.41, 5.74) is 1.89. The second-order valence-electron chi connectivity index (χ2n) is 7.62. The second-order valence-corrected chi connectivity index (χ2v) is 7.62. The highest BCUT2D eigenvalue weighted by Gasteiger charge is 2.25. The molecule has 1 aromatic rings. The van der Waals surface area contributed by atoms with Gasteiger partial charge < -0.3 is 4.74 Å². The van der Waals surface area contributed by atoms with Crippen molar-refractivity contribution in [3.63, 3.8) is 0 Å². The maximum Gasteiger partial charge on any atom is 0.118 e. The zero-order valence-corrected chi connectivity index (χ0v) is 13.6. The van der Waals surface area contributed by atoms with E-state index in [2.05, 4.69) is 45.0 Å². The van der Waals surface area contributed by atoms with Gasteiger partial charge in [-0.2, -0.15) is 0 Å². The molecule has 20 heavy (non-hydrogen) atoms. The van der Waals surface area contributed by atoms with E-state index in [9.17, 15) is 0 Å². The monoisotopic (exact) mass is 274 g/mol. The summed E-state index contributed by atoms with van der Waals surface area (Å²) in [5.74, 6) is 2.61. The number of benzene rings is 1. The molecule has 0 unspecified atom stereocenters. The van der Waals surface area contributed by atoms with Crippen LogP contribution in [0.2, 0.25) is 0 Å². The normalized spacial score (nSPS) is 18.2. The fourth-order valence-electron chi connectivity index (χ4n) is 3.60. The molecule has 0 saturated heterocycles. The molecule has 1 aliphatic rings. The standard InChI is InChI=1S/C19H30O/c1-19(2,3)14-17(13-15-7-5-6-8-15)16-9-11-18(20-4)12-10-16/h9-12,15,17H,5-8,13-14H2,1-4H3/t17-/m0/s1. The molecule has 1 fully saturated rings. The van der Waals surface area contributed by atoms with E-state index in [4.69, 9.17) is 4.74 Å². The van der Waals surface area contributed by atoms with E-state index >= 15 is 0 Å². The summed E-state index contributed by atoms with van der Waals surface area (Å²) in [6.45, 7) is 7.08. The van der Waals surface area contributed by atoms with Crippen molar-refractivity contribution in [2.24, 2.45) is 11.3 Å². The molecule has 0 heterocycles. The molecule has 0 aliphatic heterocycles. The Balaban J connectivity index is 2.10. The third kappa shape index (κ3) is 4.54. The van der Waals surface area contributed by atoms with Crippen molar-refractivity contribution in [1.29, 1.82) is 0 Å². The van der Waals surface area contributed by atoms with E-state index in [0.717, 1.165) is 11.7 Å². The maximum atomic E-state index is 5.28. The molecule has 0 bridgehead atoms. The molecule has 1 aliphatic carbocycles. The number of methoxy groups -OCH3 is 1. The molecule has 2 rings (SSSR count). The summed E-state index contributed by atoms with van der Waals surface area (Å²) in [6, 6.07) is 8.76. The molecular weight excluding hydrogens is 244 g/mol. The van der Waals surface area contributed by atoms with E-state index in [-0.39, 0.29) is 0 Å². The van der Waals surface area contributed by atoms with Crippen LogP contribution in [0.4, 0.5) is 0 Å². The van der Waals surface area contributed by atoms with Crippen LogP contribution in [0.3, 0.4) is 0 Å². The summed E-state index contributed by atoms with van der Waals surface area (Å²) >= 11 is 0. The van der Waals surface area contributed by atoms with Crippen molar-refractivity contribution in [2.75, 3.05) is 7.11 Å². The van der Waals surface area contributed by atoms with Crippen LogP contribution in [0, 0.1) is 11.3 Å². The lowest BCUT2D eigenvalue weighted by Gasteiger charge is -2.28. The van der Waals surface area contributed by atoms with E-state index in [1.54, 1.807) is 7.11 Å². The Kier molecular flexibility index (Phi) is 5.12. The van der Waals surface area contributed by atoms with Gasteiger partial charge >= 0.3 is 0 Å². The van der Waals surface area contributed by atoms with Crippen molar-refractivity contribution in [1.82, 2.24) is 0 Å². The Labute approximate surface area is 124 Å². The first-order valence-electron chi connectivity index (χ1n) is 8.12. The maximum absolute atomic E-state index is 5.28. The molecule has 0 radical (unpaired) electrons. The fraction of sp³-hybridized carbons (Fsp3) is 0.684. The number of hydrogen-bond donors (Lipinski definition) is 0. The van der Waals surface area contributed by atoms with Crippen LogP contribution in [0.25, 0.3) is 0 Å². The van der Waals surface area contributed by atoms with E-state index in [1.165, 1.54) is 44.1 Å². The average molecular weight is 274 g/mol. The first kappa shape index (κ1) is 15.4. The van der Waals surface area contributed by atoms with Crippen molar-refractivity contribution < 1.29 is 4.74 Å². The minimum atomic E-state index is 0.392. The molecule has 1 nitrogen and oxygen atoms in total. The van der Waals surface area contributed by atoms with Gasteiger partial charge in [0.2, 0.25) is 0 Å². The summed E-state index contributed by atoms with van der Waals surface area (Å²) in [5, 5.41) is 0. The molecule has 1 aromatic carbocycles. The van der Waals surface area contributed by atoms with Crippen LogP contribution in [0.1, 0.15) is 70.8 Å². The number of rotatable bonds is 5. The van der Waals surface area contributed by atoms with Crippen LogP contribution >= 0.6 is 0 Å². The Morgan fingerprint density at radius 3 is 2.20 bits per heavy atom. The topological polar surface area (TPSA) is 9.23 Å². The van der Waals surface area contributed by atoms with E-state index in [0.29, 0.717) is 11.3 Å². The third-order valence-electron chi connectivity index (χ3n) is 4.54. The Morgan fingerprint density at radius 2 is 1.70 bits per heavy atom. The van der Waals surface area contributed by atoms with E-state index < -0.39 is 0 Å². The van der Waals surface area contributed by atoms with Crippen LogP contribution < -0.4 is 4.74 Å². The molecule has 0 spiro atoms. The van der Waals surface area contributed by atoms with Crippen LogP contribution in [0.15, 0.2) is 24.3 Å². The van der Waals surface area contributed by atoms with Gasteiger partial charge in [0.15, 0.2) is 0 Å². The number of hydrogen-bond acceptors (Lipinski definition) is 1. The van der Waals surface area contributed by atoms with Gasteiger partial charge in [0, 0.05) is 0 Å². The van der Waals surface area contributed by atoms with Gasteiger partial charge in [-0.25, -0.2) is 0 Å². The van der Waals surface area contributed by atoms with Crippen LogP contribution in [-0.2, 0) is 0 Å². The molecule has 1 heteroatoms. The van der Waals surface area contributed by atoms with Crippen molar-refractivity contribution in [3.8, 4) is 5.75 Å². The lowest BCUT2D eigenvalue weighted by atomic mass is 9.77. The lowest BCUT2D eigenvalue weighted by Crippen LogP contribution is -2.14. The van der Waals surface area contributed by atoms with Crippen LogP contribution in [0.5, 0.6) is 5.75 Å². The fourth-order valence-corrected chi connectivity index (χ4v) is 3.60. The zero-order valence-electron chi connectivity index (χ0n) is 13.6. The molecule has 0 amide bonds. The quantitative estimate of drug-likeness (QED) is 0.659. The predicted molar refractivity (Wildman–Crippen MR) is 86.4 cm³/mol. The third-order valence-corrected chi connectivity index (χ3v) is 4.54. The Morgan fingerprint density at radius 1 is 1.10 bits per heavy atom. The summed E-state index contributed by atoms with van der Waals surface area (Å²) in [6.07, 6.45) is 8.40. The molecule has 0 N–H and O–H groups in total. The molecule has 1 atom stereocenters. The predicted octanol–water partition coefficient (Wildman–Crippen LogP) is 5.80. The zero-order chi connectivity index (χ0) is 14.6. The minimum Gasteiger partial charge on any atom is -0.497 e. The Bertz CT molecular complexity index is 393. The first-order valence-corrected chi connectivity index (χ1v) is 8.12. The van der Waals surface area contributed by atoms with Gasteiger partial charge in [0.25, 0.3) is 0 Å². The van der Waals surface area contributed by atoms with Gasteiger partial charge in [-0.3, -0.25) is 0 Å². The summed E-state index contributed by atoms with van der Waals surface area (Å²) in [7, 11) is 1.74. The average Bonchev–Trinajstić information content (AvgIpc) is 2.89. The summed E-state index contributed by atoms with van der Waals surface area (Å²) < 4.78 is 5.28. The molecular formula is C19H30O. The van der Waals surface area contributed by atoms with Gasteiger partial charge in [0.05, 0.1) is 7.11 Å². The number of ether oxygens (including phenoxy) is 1. The van der Waals surface area contributed by atoms with E-state index in [1.807, 2.05) is 0 Å². The lowest BCUT2D eigenvalue weighted by molar-refractivity contribution is 0.305. The summed E-state index contributed by atoms with van der Waals surface area (Å²) in [4.78, 5) is 0. The minimum absolute atomic E-state index is 0.392. The van der Waals surface area contributed by atoms with Crippen molar-refractivity contribution in [3.05, 3.63) is 29.8 Å². The molecule has 0 aromatic heterocycles. The van der Waals surface area contributed by atoms with Gasteiger partial charge in [0.1, 0.15) is 5.75 Å². The van der Waals surface area contributed by atoms with Crippen molar-refractivity contribution >= 4 is 0 Å².